The van der Waals surface area contributed by atoms with Gasteiger partial charge in [0.25, 0.3) is 11.6 Å². The quantitative estimate of drug-likeness (QED) is 0.264. The molecule has 1 saturated heterocycles. The highest BCUT2D eigenvalue weighted by Crippen LogP contribution is 2.31. The first-order valence-corrected chi connectivity index (χ1v) is 13.2. The summed E-state index contributed by atoms with van der Waals surface area (Å²) in [4.78, 5) is 43.1. The number of carbonyl (C=O) groups excluding carboxylic acids is 2. The fourth-order valence-electron chi connectivity index (χ4n) is 4.26. The van der Waals surface area contributed by atoms with E-state index in [0.717, 1.165) is 10.7 Å². The van der Waals surface area contributed by atoms with Crippen LogP contribution in [0, 0.1) is 17.0 Å². The number of rotatable bonds is 6. The van der Waals surface area contributed by atoms with E-state index in [1.165, 1.54) is 29.6 Å². The van der Waals surface area contributed by atoms with E-state index in [9.17, 15) is 19.7 Å². The molecule has 0 spiro atoms. The fourth-order valence-corrected chi connectivity index (χ4v) is 5.05. The van der Waals surface area contributed by atoms with E-state index in [4.69, 9.17) is 4.98 Å². The van der Waals surface area contributed by atoms with Crippen LogP contribution in [0.25, 0.3) is 6.08 Å². The molecule has 4 rings (SSSR count). The molecule has 0 atom stereocenters. The van der Waals surface area contributed by atoms with Crippen LogP contribution in [0.4, 0.5) is 10.8 Å². The number of hydrogen-bond acceptors (Lipinski definition) is 8. The molecule has 0 saturated carbocycles. The Kier molecular flexibility index (Phi) is 7.96. The van der Waals surface area contributed by atoms with Gasteiger partial charge in [0.1, 0.15) is 5.01 Å². The second-order valence-electron chi connectivity index (χ2n) is 10.3. The van der Waals surface area contributed by atoms with Crippen molar-refractivity contribution >= 4 is 40.0 Å². The first-order chi connectivity index (χ1) is 18.0. The summed E-state index contributed by atoms with van der Waals surface area (Å²) in [5, 5.41) is 23.7. The monoisotopic (exact) mass is 534 g/mol. The molecule has 10 nitrogen and oxygen atoms in total. The molecule has 198 valence electrons. The molecule has 2 aromatic heterocycles. The zero-order chi connectivity index (χ0) is 27.4. The summed E-state index contributed by atoms with van der Waals surface area (Å²) in [6.45, 7) is 9.00. The maximum Gasteiger partial charge on any atom is 0.276 e. The molecule has 2 amide bonds. The maximum absolute atomic E-state index is 13.2. The van der Waals surface area contributed by atoms with Crippen LogP contribution >= 0.6 is 11.3 Å². The number of aryl methyl sites for hydroxylation is 1. The maximum atomic E-state index is 13.2. The molecule has 38 heavy (non-hydrogen) atoms. The third-order valence-electron chi connectivity index (χ3n) is 6.33. The zero-order valence-electron chi connectivity index (χ0n) is 21.8. The van der Waals surface area contributed by atoms with Crippen LogP contribution < -0.4 is 5.32 Å². The Morgan fingerprint density at radius 3 is 2.50 bits per heavy atom. The minimum atomic E-state index is -0.466. The lowest BCUT2D eigenvalue weighted by atomic mass is 9.89. The van der Waals surface area contributed by atoms with Crippen molar-refractivity contribution in [3.05, 3.63) is 80.1 Å². The van der Waals surface area contributed by atoms with E-state index in [1.807, 2.05) is 33.8 Å². The average Bonchev–Trinajstić information content (AvgIpc) is 3.36. The standard InChI is InChI=1S/C27H30N6O4S/c1-17-9-11-20(24(35)29-26-31-30-25(38-26)27(2,3)4)23(28-17)19-13-15-32(16-14-19)22(34)12-10-18-7-5-6-8-21(18)33(36)37/h5-12,19H,13-16H2,1-4H3,(H,29,31,35)/b12-10+. The number of benzene rings is 1. The first kappa shape index (κ1) is 27.1. The number of hydrogen-bond donors (Lipinski definition) is 1. The minimum Gasteiger partial charge on any atom is -0.339 e. The second kappa shape index (κ2) is 11.2. The van der Waals surface area contributed by atoms with E-state index < -0.39 is 4.92 Å². The number of aromatic nitrogens is 3. The van der Waals surface area contributed by atoms with Crippen molar-refractivity contribution in [3.8, 4) is 0 Å². The highest BCUT2D eigenvalue weighted by molar-refractivity contribution is 7.15. The molecular weight excluding hydrogens is 504 g/mol. The van der Waals surface area contributed by atoms with Crippen molar-refractivity contribution in [2.45, 2.75) is 51.9 Å². The van der Waals surface area contributed by atoms with Crippen LogP contribution in [0.1, 0.15) is 71.8 Å². The summed E-state index contributed by atoms with van der Waals surface area (Å²) in [5.41, 5.74) is 2.19. The van der Waals surface area contributed by atoms with Gasteiger partial charge in [-0.25, -0.2) is 0 Å². The second-order valence-corrected chi connectivity index (χ2v) is 11.2. The van der Waals surface area contributed by atoms with Gasteiger partial charge in [-0.15, -0.1) is 10.2 Å². The Morgan fingerprint density at radius 2 is 1.84 bits per heavy atom. The summed E-state index contributed by atoms with van der Waals surface area (Å²) in [6, 6.07) is 9.90. The third-order valence-corrected chi connectivity index (χ3v) is 7.59. The first-order valence-electron chi connectivity index (χ1n) is 12.4. The number of likely N-dealkylation sites (tertiary alicyclic amines) is 1. The van der Waals surface area contributed by atoms with Gasteiger partial charge in [-0.2, -0.15) is 0 Å². The highest BCUT2D eigenvalue weighted by atomic mass is 32.1. The Hall–Kier alpha value is -3.99. The van der Waals surface area contributed by atoms with Crippen molar-refractivity contribution in [1.82, 2.24) is 20.1 Å². The third kappa shape index (κ3) is 6.28. The van der Waals surface area contributed by atoms with Gasteiger partial charge in [-0.1, -0.05) is 44.2 Å². The number of piperidine rings is 1. The van der Waals surface area contributed by atoms with Crippen molar-refractivity contribution in [3.63, 3.8) is 0 Å². The topological polar surface area (TPSA) is 131 Å². The molecular formula is C27H30N6O4S. The van der Waals surface area contributed by atoms with Gasteiger partial charge in [0.2, 0.25) is 11.0 Å². The summed E-state index contributed by atoms with van der Waals surface area (Å²) >= 11 is 1.35. The zero-order valence-corrected chi connectivity index (χ0v) is 22.6. The van der Waals surface area contributed by atoms with Gasteiger partial charge in [-0.05, 0) is 44.0 Å². The summed E-state index contributed by atoms with van der Waals surface area (Å²) in [5.74, 6) is -0.476. The lowest BCUT2D eigenvalue weighted by Crippen LogP contribution is -2.37. The number of anilines is 1. The largest absolute Gasteiger partial charge is 0.339 e. The van der Waals surface area contributed by atoms with Gasteiger partial charge in [0, 0.05) is 42.3 Å². The lowest BCUT2D eigenvalue weighted by molar-refractivity contribution is -0.385. The van der Waals surface area contributed by atoms with Crippen LogP contribution in [0.15, 0.2) is 42.5 Å². The van der Waals surface area contributed by atoms with Crippen molar-refractivity contribution in [2.24, 2.45) is 0 Å². The minimum absolute atomic E-state index is 0.0125. The number of para-hydroxylation sites is 1. The number of carbonyl (C=O) groups is 2. The normalized spacial score (nSPS) is 14.6. The van der Waals surface area contributed by atoms with Crippen LogP contribution in [0.3, 0.4) is 0 Å². The lowest BCUT2D eigenvalue weighted by Gasteiger charge is -2.31. The SMILES string of the molecule is Cc1ccc(C(=O)Nc2nnc(C(C)(C)C)s2)c(C2CCN(C(=O)/C=C/c3ccccc3[N+](=O)[O-])CC2)n1. The number of nitrogens with zero attached hydrogens (tertiary/aromatic N) is 5. The number of pyridine rings is 1. The summed E-state index contributed by atoms with van der Waals surface area (Å²) < 4.78 is 0. The van der Waals surface area contributed by atoms with Crippen molar-refractivity contribution in [1.29, 1.82) is 0 Å². The summed E-state index contributed by atoms with van der Waals surface area (Å²) in [7, 11) is 0. The van der Waals surface area contributed by atoms with Crippen LogP contribution in [0.5, 0.6) is 0 Å². The Balaban J connectivity index is 1.43. The van der Waals surface area contributed by atoms with Crippen molar-refractivity contribution in [2.75, 3.05) is 18.4 Å². The fraction of sp³-hybridized carbons (Fsp3) is 0.370. The van der Waals surface area contributed by atoms with E-state index in [1.54, 1.807) is 29.2 Å². The molecule has 1 aliphatic heterocycles. The molecule has 0 unspecified atom stereocenters. The van der Waals surface area contributed by atoms with E-state index >= 15 is 0 Å². The van der Waals surface area contributed by atoms with Gasteiger partial charge in [0.15, 0.2) is 0 Å². The summed E-state index contributed by atoms with van der Waals surface area (Å²) in [6.07, 6.45) is 4.15. The van der Waals surface area contributed by atoms with E-state index in [2.05, 4.69) is 15.5 Å². The smallest absolute Gasteiger partial charge is 0.276 e. The highest BCUT2D eigenvalue weighted by Gasteiger charge is 2.28. The molecule has 1 aliphatic rings. The molecule has 1 aromatic carbocycles. The van der Waals surface area contributed by atoms with Gasteiger partial charge >= 0.3 is 0 Å². The number of nitro groups is 1. The van der Waals surface area contributed by atoms with Crippen LogP contribution in [0.2, 0.25) is 0 Å². The van der Waals surface area contributed by atoms with Crippen LogP contribution in [-0.4, -0.2) is 49.9 Å². The Bertz CT molecular complexity index is 1390. The van der Waals surface area contributed by atoms with Gasteiger partial charge < -0.3 is 4.90 Å². The number of nitrogens with one attached hydrogen (secondary N) is 1. The number of amides is 2. The molecule has 3 aromatic rings. The van der Waals surface area contributed by atoms with Crippen LogP contribution in [-0.2, 0) is 10.2 Å². The molecule has 1 N–H and O–H groups in total. The van der Waals surface area contributed by atoms with E-state index in [-0.39, 0.29) is 28.8 Å². The molecule has 11 heteroatoms. The number of nitro benzene ring substituents is 1. The van der Waals surface area contributed by atoms with E-state index in [0.29, 0.717) is 47.9 Å². The van der Waals surface area contributed by atoms with Crippen molar-refractivity contribution < 1.29 is 14.5 Å². The van der Waals surface area contributed by atoms with Gasteiger partial charge in [-0.3, -0.25) is 30.0 Å². The Morgan fingerprint density at radius 1 is 1.13 bits per heavy atom. The molecule has 3 heterocycles. The predicted molar refractivity (Wildman–Crippen MR) is 146 cm³/mol. The molecule has 0 aliphatic carbocycles. The molecule has 1 fully saturated rings. The predicted octanol–water partition coefficient (Wildman–Crippen LogP) is 5.12. The molecule has 0 bridgehead atoms. The Labute approximate surface area is 225 Å². The average molecular weight is 535 g/mol. The molecule has 0 radical (unpaired) electrons. The van der Waals surface area contributed by atoms with Gasteiger partial charge in [0.05, 0.1) is 21.7 Å².